The fourth-order valence-electron chi connectivity index (χ4n) is 2.52. The first kappa shape index (κ1) is 11.3. The highest BCUT2D eigenvalue weighted by Gasteiger charge is 2.28. The van der Waals surface area contributed by atoms with E-state index in [9.17, 15) is 0 Å². The summed E-state index contributed by atoms with van der Waals surface area (Å²) in [4.78, 5) is 2.53. The fourth-order valence-corrected chi connectivity index (χ4v) is 2.52. The molecule has 2 heteroatoms. The largest absolute Gasteiger partial charge is 0.386 e. The van der Waals surface area contributed by atoms with Gasteiger partial charge in [-0.1, -0.05) is 12.1 Å². The van der Waals surface area contributed by atoms with Gasteiger partial charge in [-0.05, 0) is 45.2 Å². The molecule has 0 saturated carbocycles. The van der Waals surface area contributed by atoms with Crippen LogP contribution in [0.2, 0.25) is 0 Å². The van der Waals surface area contributed by atoms with Crippen LogP contribution in [0.25, 0.3) is 0 Å². The van der Waals surface area contributed by atoms with E-state index < -0.39 is 0 Å². The van der Waals surface area contributed by atoms with Crippen LogP contribution in [0.4, 0.5) is 11.4 Å². The van der Waals surface area contributed by atoms with Gasteiger partial charge in [-0.25, -0.2) is 0 Å². The lowest BCUT2D eigenvalue weighted by Gasteiger charge is -2.42. The summed E-state index contributed by atoms with van der Waals surface area (Å²) in [7, 11) is 2.01. The van der Waals surface area contributed by atoms with Gasteiger partial charge < -0.3 is 10.2 Å². The van der Waals surface area contributed by atoms with Crippen LogP contribution >= 0.6 is 0 Å². The SMILES string of the molecule is CNc1cccc2c1N(C(C)(C)C)CCC2. The number of nitrogens with one attached hydrogen (secondary N) is 1. The summed E-state index contributed by atoms with van der Waals surface area (Å²) < 4.78 is 0. The highest BCUT2D eigenvalue weighted by molar-refractivity contribution is 5.75. The Kier molecular flexibility index (Phi) is 2.83. The number of benzene rings is 1. The molecule has 0 radical (unpaired) electrons. The van der Waals surface area contributed by atoms with Crippen LogP contribution in [0, 0.1) is 0 Å². The lowest BCUT2D eigenvalue weighted by Crippen LogP contribution is -2.44. The summed E-state index contributed by atoms with van der Waals surface area (Å²) in [6, 6.07) is 6.58. The van der Waals surface area contributed by atoms with Gasteiger partial charge in [0.1, 0.15) is 0 Å². The first-order valence-electron chi connectivity index (χ1n) is 6.11. The number of para-hydroxylation sites is 1. The van der Waals surface area contributed by atoms with Gasteiger partial charge in [-0.2, -0.15) is 0 Å². The molecule has 1 aliphatic heterocycles. The van der Waals surface area contributed by atoms with E-state index in [0.29, 0.717) is 0 Å². The molecule has 88 valence electrons. The van der Waals surface area contributed by atoms with Gasteiger partial charge in [-0.3, -0.25) is 0 Å². The van der Waals surface area contributed by atoms with Crippen molar-refractivity contribution in [2.75, 3.05) is 23.8 Å². The van der Waals surface area contributed by atoms with Crippen molar-refractivity contribution in [3.8, 4) is 0 Å². The third-order valence-corrected chi connectivity index (χ3v) is 3.30. The van der Waals surface area contributed by atoms with Crippen LogP contribution in [0.1, 0.15) is 32.8 Å². The zero-order chi connectivity index (χ0) is 11.8. The summed E-state index contributed by atoms with van der Waals surface area (Å²) >= 11 is 0. The first-order chi connectivity index (χ1) is 7.54. The topological polar surface area (TPSA) is 15.3 Å². The second kappa shape index (κ2) is 4.00. The predicted molar refractivity (Wildman–Crippen MR) is 71.4 cm³/mol. The predicted octanol–water partition coefficient (Wildman–Crippen LogP) is 3.28. The molecule has 0 atom stereocenters. The van der Waals surface area contributed by atoms with E-state index in [4.69, 9.17) is 0 Å². The van der Waals surface area contributed by atoms with Gasteiger partial charge >= 0.3 is 0 Å². The Morgan fingerprint density at radius 3 is 2.62 bits per heavy atom. The Hall–Kier alpha value is -1.18. The van der Waals surface area contributed by atoms with Crippen molar-refractivity contribution >= 4 is 11.4 Å². The zero-order valence-electron chi connectivity index (χ0n) is 10.8. The third kappa shape index (κ3) is 1.89. The van der Waals surface area contributed by atoms with E-state index in [1.54, 1.807) is 0 Å². The molecule has 0 unspecified atom stereocenters. The number of fused-ring (bicyclic) bond motifs is 1. The Balaban J connectivity index is 2.51. The standard InChI is InChI=1S/C14H22N2/c1-14(2,3)16-10-6-8-11-7-5-9-12(15-4)13(11)16/h5,7,9,15H,6,8,10H2,1-4H3. The van der Waals surface area contributed by atoms with E-state index in [1.807, 2.05) is 7.05 Å². The van der Waals surface area contributed by atoms with Gasteiger partial charge in [0.2, 0.25) is 0 Å². The Morgan fingerprint density at radius 2 is 2.00 bits per heavy atom. The molecule has 0 amide bonds. The Bertz CT molecular complexity index is 363. The van der Waals surface area contributed by atoms with Gasteiger partial charge in [0.05, 0.1) is 11.4 Å². The summed E-state index contributed by atoms with van der Waals surface area (Å²) in [5.74, 6) is 0. The number of hydrogen-bond donors (Lipinski definition) is 1. The lowest BCUT2D eigenvalue weighted by atomic mass is 9.94. The van der Waals surface area contributed by atoms with Crippen LogP contribution < -0.4 is 10.2 Å². The summed E-state index contributed by atoms with van der Waals surface area (Å²) in [6.07, 6.45) is 2.47. The molecule has 2 rings (SSSR count). The van der Waals surface area contributed by atoms with Crippen molar-refractivity contribution in [2.45, 2.75) is 39.2 Å². The molecule has 2 nitrogen and oxygen atoms in total. The number of anilines is 2. The first-order valence-corrected chi connectivity index (χ1v) is 6.11. The zero-order valence-corrected chi connectivity index (χ0v) is 10.8. The average molecular weight is 218 g/mol. The number of hydrogen-bond acceptors (Lipinski definition) is 2. The summed E-state index contributed by atoms with van der Waals surface area (Å²) in [6.45, 7) is 8.02. The van der Waals surface area contributed by atoms with Crippen molar-refractivity contribution in [3.05, 3.63) is 23.8 Å². The molecule has 0 spiro atoms. The van der Waals surface area contributed by atoms with Crippen molar-refractivity contribution in [1.82, 2.24) is 0 Å². The monoisotopic (exact) mass is 218 g/mol. The maximum absolute atomic E-state index is 3.32. The van der Waals surface area contributed by atoms with E-state index >= 15 is 0 Å². The molecule has 1 aromatic rings. The van der Waals surface area contributed by atoms with E-state index in [0.717, 1.165) is 6.54 Å². The molecule has 1 aromatic carbocycles. The summed E-state index contributed by atoms with van der Waals surface area (Å²) in [5, 5.41) is 3.32. The number of rotatable bonds is 1. The van der Waals surface area contributed by atoms with Gasteiger partial charge in [-0.15, -0.1) is 0 Å². The van der Waals surface area contributed by atoms with Crippen molar-refractivity contribution in [2.24, 2.45) is 0 Å². The molecule has 0 bridgehead atoms. The molecular weight excluding hydrogens is 196 g/mol. The van der Waals surface area contributed by atoms with Gasteiger partial charge in [0, 0.05) is 19.1 Å². The van der Waals surface area contributed by atoms with E-state index in [2.05, 4.69) is 49.2 Å². The normalized spacial score (nSPS) is 15.9. The van der Waals surface area contributed by atoms with Gasteiger partial charge in [0.15, 0.2) is 0 Å². The van der Waals surface area contributed by atoms with Crippen molar-refractivity contribution in [3.63, 3.8) is 0 Å². The lowest BCUT2D eigenvalue weighted by molar-refractivity contribution is 0.484. The highest BCUT2D eigenvalue weighted by atomic mass is 15.2. The second-order valence-electron chi connectivity index (χ2n) is 5.49. The average Bonchev–Trinajstić information content (AvgIpc) is 2.26. The molecule has 1 heterocycles. The van der Waals surface area contributed by atoms with Gasteiger partial charge in [0.25, 0.3) is 0 Å². The molecule has 0 aliphatic carbocycles. The maximum Gasteiger partial charge on any atom is 0.0638 e. The molecular formula is C14H22N2. The van der Waals surface area contributed by atoms with Crippen LogP contribution in [0.15, 0.2) is 18.2 Å². The molecule has 1 N–H and O–H groups in total. The second-order valence-corrected chi connectivity index (χ2v) is 5.49. The number of aryl methyl sites for hydroxylation is 1. The maximum atomic E-state index is 3.32. The fraction of sp³-hybridized carbons (Fsp3) is 0.571. The molecule has 0 saturated heterocycles. The Morgan fingerprint density at radius 1 is 1.25 bits per heavy atom. The van der Waals surface area contributed by atoms with E-state index in [-0.39, 0.29) is 5.54 Å². The highest BCUT2D eigenvalue weighted by Crippen LogP contribution is 2.38. The molecule has 0 fully saturated rings. The molecule has 16 heavy (non-hydrogen) atoms. The van der Waals surface area contributed by atoms with E-state index in [1.165, 1.54) is 29.8 Å². The molecule has 1 aliphatic rings. The smallest absolute Gasteiger partial charge is 0.0638 e. The van der Waals surface area contributed by atoms with Crippen molar-refractivity contribution in [1.29, 1.82) is 0 Å². The van der Waals surface area contributed by atoms with Crippen LogP contribution in [-0.2, 0) is 6.42 Å². The minimum Gasteiger partial charge on any atom is -0.386 e. The minimum atomic E-state index is 0.197. The number of nitrogens with zero attached hydrogens (tertiary/aromatic N) is 1. The van der Waals surface area contributed by atoms with Crippen LogP contribution in [0.5, 0.6) is 0 Å². The van der Waals surface area contributed by atoms with Crippen molar-refractivity contribution < 1.29 is 0 Å². The quantitative estimate of drug-likeness (QED) is 0.778. The molecule has 0 aromatic heterocycles. The summed E-state index contributed by atoms with van der Waals surface area (Å²) in [5.41, 5.74) is 4.34. The van der Waals surface area contributed by atoms with Crippen LogP contribution in [0.3, 0.4) is 0 Å². The van der Waals surface area contributed by atoms with Crippen LogP contribution in [-0.4, -0.2) is 19.1 Å². The third-order valence-electron chi connectivity index (χ3n) is 3.30. The Labute approximate surface area is 98.7 Å². The minimum absolute atomic E-state index is 0.197.